The minimum Gasteiger partial charge on any atom is -0.309 e. The quantitative estimate of drug-likeness (QED) is 0.695. The van der Waals surface area contributed by atoms with E-state index in [9.17, 15) is 4.79 Å². The number of H-pyrrole nitrogens is 1. The molecule has 1 heterocycles. The van der Waals surface area contributed by atoms with Crippen molar-refractivity contribution in [2.75, 3.05) is 26.0 Å². The Hall–Kier alpha value is -1.87. The lowest BCUT2D eigenvalue weighted by atomic mass is 10.3. The number of nitriles is 1. The highest BCUT2D eigenvalue weighted by Gasteiger charge is 2.08. The van der Waals surface area contributed by atoms with Gasteiger partial charge in [-0.1, -0.05) is 0 Å². The molecule has 0 saturated carbocycles. The summed E-state index contributed by atoms with van der Waals surface area (Å²) in [5.74, 6) is 0.162. The topological polar surface area (TPSA) is 84.8 Å². The molecule has 2 N–H and O–H groups in total. The van der Waals surface area contributed by atoms with Gasteiger partial charge in [-0.05, 0) is 14.1 Å². The summed E-state index contributed by atoms with van der Waals surface area (Å²) in [6.45, 7) is 0.268. The van der Waals surface area contributed by atoms with Crippen LogP contribution in [0.3, 0.4) is 0 Å². The molecule has 0 radical (unpaired) electrons. The summed E-state index contributed by atoms with van der Waals surface area (Å²) < 4.78 is 0. The molecule has 74 valence electrons. The van der Waals surface area contributed by atoms with Crippen LogP contribution in [-0.2, 0) is 4.79 Å². The molecule has 0 aliphatic rings. The molecule has 0 spiro atoms. The van der Waals surface area contributed by atoms with Gasteiger partial charge in [0, 0.05) is 0 Å². The number of likely N-dealkylation sites (N-methyl/N-ethyl adjacent to an activating group) is 1. The minimum absolute atomic E-state index is 0.184. The van der Waals surface area contributed by atoms with Crippen molar-refractivity contribution in [2.24, 2.45) is 0 Å². The first-order valence-corrected chi connectivity index (χ1v) is 4.01. The van der Waals surface area contributed by atoms with Crippen LogP contribution >= 0.6 is 0 Å². The fourth-order valence-electron chi connectivity index (χ4n) is 0.932. The second-order valence-electron chi connectivity index (χ2n) is 3.06. The van der Waals surface area contributed by atoms with Crippen LogP contribution < -0.4 is 5.32 Å². The van der Waals surface area contributed by atoms with Crippen molar-refractivity contribution < 1.29 is 4.79 Å². The van der Waals surface area contributed by atoms with E-state index in [0.717, 1.165) is 0 Å². The van der Waals surface area contributed by atoms with Crippen LogP contribution in [-0.4, -0.2) is 41.6 Å². The monoisotopic (exact) mass is 193 g/mol. The molecule has 1 rings (SSSR count). The number of rotatable bonds is 3. The number of nitrogens with zero attached hydrogens (tertiary/aromatic N) is 3. The van der Waals surface area contributed by atoms with Gasteiger partial charge in [0.15, 0.2) is 0 Å². The summed E-state index contributed by atoms with van der Waals surface area (Å²) >= 11 is 0. The maximum atomic E-state index is 11.3. The van der Waals surface area contributed by atoms with E-state index in [1.807, 2.05) is 6.07 Å². The minimum atomic E-state index is -0.184. The van der Waals surface area contributed by atoms with Gasteiger partial charge in [-0.2, -0.15) is 10.4 Å². The van der Waals surface area contributed by atoms with Crippen LogP contribution in [0.4, 0.5) is 5.82 Å². The van der Waals surface area contributed by atoms with Gasteiger partial charge in [-0.15, -0.1) is 0 Å². The predicted octanol–water partition coefficient (Wildman–Crippen LogP) is -0.219. The normalized spacial score (nSPS) is 9.86. The highest BCUT2D eigenvalue weighted by Crippen LogP contribution is 2.08. The van der Waals surface area contributed by atoms with Crippen molar-refractivity contribution >= 4 is 11.7 Å². The number of amides is 1. The van der Waals surface area contributed by atoms with Gasteiger partial charge in [0.05, 0.1) is 12.7 Å². The number of hydrogen-bond acceptors (Lipinski definition) is 4. The van der Waals surface area contributed by atoms with Gasteiger partial charge in [0.2, 0.25) is 5.91 Å². The van der Waals surface area contributed by atoms with Gasteiger partial charge >= 0.3 is 0 Å². The first kappa shape index (κ1) is 10.2. The molecule has 0 saturated heterocycles. The van der Waals surface area contributed by atoms with Gasteiger partial charge in [0.1, 0.15) is 17.5 Å². The standard InChI is InChI=1S/C8H11N5O/c1-13(2)5-7(14)11-8-6(3-9)4-10-12-8/h4H,5H2,1-2H3,(H2,10,11,12,14). The largest absolute Gasteiger partial charge is 0.309 e. The Kier molecular flexibility index (Phi) is 3.20. The third kappa shape index (κ3) is 2.57. The van der Waals surface area contributed by atoms with Gasteiger partial charge in [0.25, 0.3) is 0 Å². The van der Waals surface area contributed by atoms with Gasteiger partial charge in [-0.3, -0.25) is 9.89 Å². The first-order chi connectivity index (χ1) is 6.63. The number of carbonyl (C=O) groups is 1. The molecule has 0 unspecified atom stereocenters. The van der Waals surface area contributed by atoms with E-state index in [4.69, 9.17) is 5.26 Å². The van der Waals surface area contributed by atoms with E-state index < -0.39 is 0 Å². The Morgan fingerprint density at radius 1 is 1.79 bits per heavy atom. The van der Waals surface area contributed by atoms with E-state index in [1.54, 1.807) is 19.0 Å². The maximum Gasteiger partial charge on any atom is 0.239 e. The summed E-state index contributed by atoms with van der Waals surface area (Å²) in [4.78, 5) is 13.0. The average molecular weight is 193 g/mol. The van der Waals surface area contributed by atoms with Crippen molar-refractivity contribution in [2.45, 2.75) is 0 Å². The lowest BCUT2D eigenvalue weighted by Gasteiger charge is -2.08. The molecular weight excluding hydrogens is 182 g/mol. The molecule has 1 aromatic rings. The van der Waals surface area contributed by atoms with Crippen LogP contribution in [0.15, 0.2) is 6.20 Å². The number of nitrogens with one attached hydrogen (secondary N) is 2. The molecule has 0 aliphatic heterocycles. The van der Waals surface area contributed by atoms with Gasteiger partial charge < -0.3 is 10.2 Å². The van der Waals surface area contributed by atoms with E-state index >= 15 is 0 Å². The van der Waals surface area contributed by atoms with Crippen molar-refractivity contribution in [3.8, 4) is 6.07 Å². The zero-order valence-electron chi connectivity index (χ0n) is 8.03. The zero-order chi connectivity index (χ0) is 10.6. The Morgan fingerprint density at radius 2 is 2.50 bits per heavy atom. The maximum absolute atomic E-state index is 11.3. The SMILES string of the molecule is CN(C)CC(=O)Nc1[nH]ncc1C#N. The second kappa shape index (κ2) is 4.39. The van der Waals surface area contributed by atoms with Crippen LogP contribution in [0.2, 0.25) is 0 Å². The van der Waals surface area contributed by atoms with E-state index in [0.29, 0.717) is 11.4 Å². The molecule has 6 nitrogen and oxygen atoms in total. The zero-order valence-corrected chi connectivity index (χ0v) is 8.03. The Balaban J connectivity index is 2.61. The fraction of sp³-hybridized carbons (Fsp3) is 0.375. The third-order valence-corrected chi connectivity index (χ3v) is 1.48. The molecule has 6 heteroatoms. The average Bonchev–Trinajstić information content (AvgIpc) is 2.50. The second-order valence-corrected chi connectivity index (χ2v) is 3.06. The number of carbonyl (C=O) groups excluding carboxylic acids is 1. The molecule has 0 atom stereocenters. The number of hydrogen-bond donors (Lipinski definition) is 2. The molecule has 0 fully saturated rings. The van der Waals surface area contributed by atoms with Crippen molar-refractivity contribution in [3.63, 3.8) is 0 Å². The number of aromatic amines is 1. The fourth-order valence-corrected chi connectivity index (χ4v) is 0.932. The van der Waals surface area contributed by atoms with Crippen molar-refractivity contribution in [3.05, 3.63) is 11.8 Å². The number of aromatic nitrogens is 2. The molecule has 1 aromatic heterocycles. The summed E-state index contributed by atoms with van der Waals surface area (Å²) in [5.41, 5.74) is 0.331. The summed E-state index contributed by atoms with van der Waals surface area (Å²) in [5, 5.41) is 17.4. The van der Waals surface area contributed by atoms with Crippen LogP contribution in [0.25, 0.3) is 0 Å². The number of anilines is 1. The summed E-state index contributed by atoms with van der Waals surface area (Å²) in [7, 11) is 3.58. The summed E-state index contributed by atoms with van der Waals surface area (Å²) in [6, 6.07) is 1.91. The van der Waals surface area contributed by atoms with Crippen LogP contribution in [0.1, 0.15) is 5.56 Å². The molecule has 14 heavy (non-hydrogen) atoms. The van der Waals surface area contributed by atoms with Gasteiger partial charge in [-0.25, -0.2) is 0 Å². The first-order valence-electron chi connectivity index (χ1n) is 4.01. The van der Waals surface area contributed by atoms with E-state index in [2.05, 4.69) is 15.5 Å². The predicted molar refractivity (Wildman–Crippen MR) is 50.5 cm³/mol. The van der Waals surface area contributed by atoms with E-state index in [-0.39, 0.29) is 12.5 Å². The smallest absolute Gasteiger partial charge is 0.239 e. The van der Waals surface area contributed by atoms with Crippen LogP contribution in [0.5, 0.6) is 0 Å². The molecule has 0 bridgehead atoms. The lowest BCUT2D eigenvalue weighted by Crippen LogP contribution is -2.27. The Labute approximate surface area is 81.5 Å². The van der Waals surface area contributed by atoms with Crippen molar-refractivity contribution in [1.29, 1.82) is 5.26 Å². The van der Waals surface area contributed by atoms with E-state index in [1.165, 1.54) is 6.20 Å². The molecular formula is C8H11N5O. The van der Waals surface area contributed by atoms with Crippen molar-refractivity contribution in [1.82, 2.24) is 15.1 Å². The van der Waals surface area contributed by atoms with Crippen LogP contribution in [0, 0.1) is 11.3 Å². The Bertz CT molecular complexity index is 362. The summed E-state index contributed by atoms with van der Waals surface area (Å²) in [6.07, 6.45) is 1.37. The highest BCUT2D eigenvalue weighted by atomic mass is 16.2. The molecule has 0 aliphatic carbocycles. The Morgan fingerprint density at radius 3 is 3.07 bits per heavy atom. The molecule has 1 amide bonds. The highest BCUT2D eigenvalue weighted by molar-refractivity contribution is 5.92. The third-order valence-electron chi connectivity index (χ3n) is 1.48. The lowest BCUT2D eigenvalue weighted by molar-refractivity contribution is -0.116. The molecule has 0 aromatic carbocycles.